The van der Waals surface area contributed by atoms with E-state index in [0.717, 1.165) is 0 Å². The van der Waals surface area contributed by atoms with Gasteiger partial charge in [0.05, 0.1) is 12.2 Å². The molecule has 4 unspecified atom stereocenters. The number of rotatable bonds is 8. The van der Waals surface area contributed by atoms with Crippen LogP contribution in [0.2, 0.25) is 0 Å². The molecular weight excluding hydrogens is 308 g/mol. The maximum absolute atomic E-state index is 11.1. The van der Waals surface area contributed by atoms with E-state index in [1.807, 2.05) is 25.2 Å². The fourth-order valence-electron chi connectivity index (χ4n) is 2.04. The van der Waals surface area contributed by atoms with Crippen molar-refractivity contribution in [3.63, 3.8) is 0 Å². The van der Waals surface area contributed by atoms with Crippen LogP contribution in [0.5, 0.6) is 0 Å². The second kappa shape index (κ2) is 10.0. The first-order valence-corrected chi connectivity index (χ1v) is 7.96. The second-order valence-electron chi connectivity index (χ2n) is 5.81. The van der Waals surface area contributed by atoms with E-state index in [1.165, 1.54) is 25.2 Å². The van der Waals surface area contributed by atoms with Crippen molar-refractivity contribution < 1.29 is 24.9 Å². The van der Waals surface area contributed by atoms with E-state index >= 15 is 0 Å². The van der Waals surface area contributed by atoms with Crippen LogP contribution in [0.1, 0.15) is 26.7 Å². The van der Waals surface area contributed by atoms with Crippen LogP contribution >= 0.6 is 0 Å². The van der Waals surface area contributed by atoms with Crippen molar-refractivity contribution in [3.05, 3.63) is 60.8 Å². The van der Waals surface area contributed by atoms with E-state index in [4.69, 9.17) is 4.74 Å². The molecule has 0 saturated heterocycles. The van der Waals surface area contributed by atoms with Gasteiger partial charge in [-0.25, -0.2) is 4.79 Å². The summed E-state index contributed by atoms with van der Waals surface area (Å²) in [5, 5.41) is 30.3. The van der Waals surface area contributed by atoms with Gasteiger partial charge < -0.3 is 20.1 Å². The average molecular weight is 334 g/mol. The Morgan fingerprint density at radius 3 is 2.71 bits per heavy atom. The van der Waals surface area contributed by atoms with Crippen molar-refractivity contribution in [2.45, 2.75) is 50.6 Å². The fraction of sp³-hybridized carbons (Fsp3) is 0.421. The lowest BCUT2D eigenvalue weighted by Crippen LogP contribution is -2.39. The number of aliphatic hydroxyl groups excluding tert-OH is 2. The smallest absolute Gasteiger partial charge is 0.331 e. The molecule has 1 rings (SSSR count). The Kier molecular flexibility index (Phi) is 8.40. The summed E-state index contributed by atoms with van der Waals surface area (Å²) in [6.45, 7) is 3.34. The summed E-state index contributed by atoms with van der Waals surface area (Å²) < 4.78 is 5.05. The molecule has 24 heavy (non-hydrogen) atoms. The van der Waals surface area contributed by atoms with Crippen LogP contribution in [-0.2, 0) is 9.53 Å². The molecule has 5 nitrogen and oxygen atoms in total. The Bertz CT molecular complexity index is 540. The first kappa shape index (κ1) is 20.1. The summed E-state index contributed by atoms with van der Waals surface area (Å²) in [6, 6.07) is 0. The first-order chi connectivity index (χ1) is 11.3. The number of allylic oxidation sites excluding steroid dienone is 5. The molecule has 0 aromatic carbocycles. The zero-order chi connectivity index (χ0) is 18.0. The Hall–Kier alpha value is -1.95. The molecule has 0 radical (unpaired) electrons. The number of aliphatic hydroxyl groups is 3. The molecule has 0 bridgehead atoms. The van der Waals surface area contributed by atoms with Gasteiger partial charge in [-0.05, 0) is 19.9 Å². The van der Waals surface area contributed by atoms with Crippen LogP contribution in [0.15, 0.2) is 60.8 Å². The molecule has 0 aliphatic carbocycles. The van der Waals surface area contributed by atoms with Crippen LogP contribution in [-0.4, -0.2) is 45.2 Å². The monoisotopic (exact) mass is 334 g/mol. The Labute approximate surface area is 143 Å². The number of cyclic esters (lactones) is 1. The summed E-state index contributed by atoms with van der Waals surface area (Å²) in [5.41, 5.74) is -1.54. The van der Waals surface area contributed by atoms with Gasteiger partial charge in [0.25, 0.3) is 0 Å². The highest BCUT2D eigenvalue weighted by molar-refractivity contribution is 5.82. The first-order valence-electron chi connectivity index (χ1n) is 7.96. The highest BCUT2D eigenvalue weighted by atomic mass is 16.5. The van der Waals surface area contributed by atoms with E-state index in [2.05, 4.69) is 0 Å². The predicted molar refractivity (Wildman–Crippen MR) is 93.1 cm³/mol. The SMILES string of the molecule is C/C=C/C=C/C=C/C(O)CC(O)C(C)(O)/C=C/C1CC=CC(=O)O1. The molecule has 0 aromatic rings. The molecule has 1 aliphatic rings. The van der Waals surface area contributed by atoms with Gasteiger partial charge in [-0.1, -0.05) is 48.6 Å². The minimum absolute atomic E-state index is 0.0182. The topological polar surface area (TPSA) is 87.0 Å². The van der Waals surface area contributed by atoms with Crippen LogP contribution in [0.4, 0.5) is 0 Å². The van der Waals surface area contributed by atoms with Gasteiger partial charge in [0.15, 0.2) is 0 Å². The van der Waals surface area contributed by atoms with Crippen LogP contribution in [0, 0.1) is 0 Å². The van der Waals surface area contributed by atoms with E-state index in [0.29, 0.717) is 6.42 Å². The molecule has 0 aromatic heterocycles. The molecule has 5 heteroatoms. The molecule has 0 spiro atoms. The normalized spacial score (nSPS) is 24.0. The highest BCUT2D eigenvalue weighted by Crippen LogP contribution is 2.19. The zero-order valence-corrected chi connectivity index (χ0v) is 14.1. The molecule has 0 saturated carbocycles. The minimum Gasteiger partial charge on any atom is -0.455 e. The van der Waals surface area contributed by atoms with Crippen molar-refractivity contribution in [3.8, 4) is 0 Å². The third-order valence-electron chi connectivity index (χ3n) is 3.54. The van der Waals surface area contributed by atoms with Gasteiger partial charge in [-0.3, -0.25) is 0 Å². The van der Waals surface area contributed by atoms with E-state index in [1.54, 1.807) is 24.3 Å². The summed E-state index contributed by atoms with van der Waals surface area (Å²) in [4.78, 5) is 11.1. The number of esters is 1. The maximum atomic E-state index is 11.1. The molecule has 0 amide bonds. The van der Waals surface area contributed by atoms with Crippen molar-refractivity contribution in [1.29, 1.82) is 0 Å². The molecule has 1 heterocycles. The van der Waals surface area contributed by atoms with Gasteiger partial charge in [-0.15, -0.1) is 0 Å². The summed E-state index contributed by atoms with van der Waals surface area (Å²) in [7, 11) is 0. The Morgan fingerprint density at radius 2 is 2.04 bits per heavy atom. The predicted octanol–water partition coefficient (Wildman–Crippen LogP) is 1.97. The van der Waals surface area contributed by atoms with Crippen LogP contribution in [0.25, 0.3) is 0 Å². The molecule has 4 atom stereocenters. The quantitative estimate of drug-likeness (QED) is 0.359. The summed E-state index contributed by atoms with van der Waals surface area (Å²) in [5.74, 6) is -0.428. The Balaban J connectivity index is 2.53. The highest BCUT2D eigenvalue weighted by Gasteiger charge is 2.29. The molecular formula is C19H26O5. The third kappa shape index (κ3) is 7.55. The number of hydrogen-bond acceptors (Lipinski definition) is 5. The van der Waals surface area contributed by atoms with Crippen molar-refractivity contribution in [2.75, 3.05) is 0 Å². The zero-order valence-electron chi connectivity index (χ0n) is 14.1. The Morgan fingerprint density at radius 1 is 1.33 bits per heavy atom. The fourth-order valence-corrected chi connectivity index (χ4v) is 2.04. The maximum Gasteiger partial charge on any atom is 0.331 e. The van der Waals surface area contributed by atoms with Crippen molar-refractivity contribution in [2.24, 2.45) is 0 Å². The lowest BCUT2D eigenvalue weighted by Gasteiger charge is -2.27. The van der Waals surface area contributed by atoms with E-state index < -0.39 is 29.9 Å². The molecule has 132 valence electrons. The van der Waals surface area contributed by atoms with Gasteiger partial charge in [-0.2, -0.15) is 0 Å². The van der Waals surface area contributed by atoms with Crippen molar-refractivity contribution in [1.82, 2.24) is 0 Å². The van der Waals surface area contributed by atoms with Crippen LogP contribution < -0.4 is 0 Å². The number of ether oxygens (including phenoxy) is 1. The molecule has 3 N–H and O–H groups in total. The molecule has 0 fully saturated rings. The van der Waals surface area contributed by atoms with E-state index in [-0.39, 0.29) is 6.42 Å². The second-order valence-corrected chi connectivity index (χ2v) is 5.81. The third-order valence-corrected chi connectivity index (χ3v) is 3.54. The lowest BCUT2D eigenvalue weighted by atomic mass is 9.93. The number of carbonyl (C=O) groups excluding carboxylic acids is 1. The van der Waals surface area contributed by atoms with Gasteiger partial charge in [0.1, 0.15) is 11.7 Å². The largest absolute Gasteiger partial charge is 0.455 e. The van der Waals surface area contributed by atoms with Crippen LogP contribution in [0.3, 0.4) is 0 Å². The standard InChI is InChI=1S/C19H26O5/c1-3-4-5-6-7-9-15(20)14-17(21)19(2,23)13-12-16-10-8-11-18(22)24-16/h3-9,11-13,15-17,20-21,23H,10,14H2,1-2H3/b4-3+,6-5+,9-7+,13-12+. The lowest BCUT2D eigenvalue weighted by molar-refractivity contribution is -0.141. The molecule has 1 aliphatic heterocycles. The van der Waals surface area contributed by atoms with E-state index in [9.17, 15) is 20.1 Å². The number of carbonyl (C=O) groups is 1. The van der Waals surface area contributed by atoms with Crippen molar-refractivity contribution >= 4 is 5.97 Å². The van der Waals surface area contributed by atoms with Gasteiger partial charge in [0, 0.05) is 18.9 Å². The van der Waals surface area contributed by atoms with Gasteiger partial charge in [0.2, 0.25) is 0 Å². The van der Waals surface area contributed by atoms with Gasteiger partial charge >= 0.3 is 5.97 Å². The minimum atomic E-state index is -1.54. The average Bonchev–Trinajstić information content (AvgIpc) is 2.53. The summed E-state index contributed by atoms with van der Waals surface area (Å²) in [6.07, 6.45) is 14.5. The number of hydrogen-bond donors (Lipinski definition) is 3. The summed E-state index contributed by atoms with van der Waals surface area (Å²) >= 11 is 0.